The van der Waals surface area contributed by atoms with Crippen molar-refractivity contribution in [3.63, 3.8) is 0 Å². The van der Waals surface area contributed by atoms with Crippen LogP contribution >= 0.6 is 0 Å². The minimum Gasteiger partial charge on any atom is -0.406 e. The Balaban J connectivity index is 1.94. The van der Waals surface area contributed by atoms with Crippen LogP contribution in [0, 0.1) is 0 Å². The van der Waals surface area contributed by atoms with Crippen LogP contribution in [0.3, 0.4) is 0 Å². The molecule has 0 saturated heterocycles. The van der Waals surface area contributed by atoms with Gasteiger partial charge in [0.05, 0.1) is 6.54 Å². The lowest BCUT2D eigenvalue weighted by atomic mass is 9.87. The second-order valence-corrected chi connectivity index (χ2v) is 6.85. The molecule has 0 amide bonds. The fourth-order valence-electron chi connectivity index (χ4n) is 2.21. The number of benzene rings is 2. The van der Waals surface area contributed by atoms with Crippen molar-refractivity contribution in [3.8, 4) is 5.75 Å². The van der Waals surface area contributed by atoms with Gasteiger partial charge in [-0.1, -0.05) is 45.0 Å². The molecule has 0 fully saturated rings. The maximum absolute atomic E-state index is 12.1. The number of halogens is 3. The van der Waals surface area contributed by atoms with Crippen LogP contribution in [-0.4, -0.2) is 12.3 Å². The third-order valence-electron chi connectivity index (χ3n) is 3.61. The number of guanidine groups is 1. The number of alkyl halides is 3. The van der Waals surface area contributed by atoms with Gasteiger partial charge in [-0.3, -0.25) is 0 Å². The van der Waals surface area contributed by atoms with Crippen molar-refractivity contribution in [1.29, 1.82) is 0 Å². The Hall–Kier alpha value is -2.70. The molecule has 26 heavy (non-hydrogen) atoms. The van der Waals surface area contributed by atoms with Gasteiger partial charge in [0.25, 0.3) is 0 Å². The van der Waals surface area contributed by atoms with E-state index in [9.17, 15) is 13.2 Å². The molecule has 0 aromatic heterocycles. The second-order valence-electron chi connectivity index (χ2n) is 6.85. The number of ether oxygens (including phenoxy) is 1. The summed E-state index contributed by atoms with van der Waals surface area (Å²) >= 11 is 0. The Labute approximate surface area is 150 Å². The first kappa shape index (κ1) is 19.6. The summed E-state index contributed by atoms with van der Waals surface area (Å²) in [6, 6.07) is 13.4. The summed E-state index contributed by atoms with van der Waals surface area (Å²) in [5, 5.41) is 2.83. The predicted octanol–water partition coefficient (Wildman–Crippen LogP) is 4.81. The van der Waals surface area contributed by atoms with E-state index in [1.807, 2.05) is 12.1 Å². The third-order valence-corrected chi connectivity index (χ3v) is 3.61. The van der Waals surface area contributed by atoms with Gasteiger partial charge in [0.1, 0.15) is 5.75 Å². The minimum atomic E-state index is -4.71. The molecule has 0 bridgehead atoms. The van der Waals surface area contributed by atoms with Crippen LogP contribution in [0.25, 0.3) is 0 Å². The number of anilines is 1. The summed E-state index contributed by atoms with van der Waals surface area (Å²) in [4.78, 5) is 4.24. The molecular weight excluding hydrogens is 343 g/mol. The molecule has 0 aliphatic rings. The van der Waals surface area contributed by atoms with Crippen molar-refractivity contribution in [3.05, 3.63) is 59.7 Å². The van der Waals surface area contributed by atoms with Gasteiger partial charge >= 0.3 is 6.36 Å². The van der Waals surface area contributed by atoms with Gasteiger partial charge in [0.2, 0.25) is 0 Å². The normalized spacial score (nSPS) is 12.8. The van der Waals surface area contributed by atoms with Crippen molar-refractivity contribution in [2.45, 2.75) is 39.1 Å². The van der Waals surface area contributed by atoms with E-state index in [0.717, 1.165) is 5.56 Å². The molecular formula is C19H22F3N3O. The Morgan fingerprint density at radius 3 is 2.08 bits per heavy atom. The van der Waals surface area contributed by atoms with E-state index in [2.05, 4.69) is 48.0 Å². The largest absolute Gasteiger partial charge is 0.573 e. The Morgan fingerprint density at radius 2 is 1.58 bits per heavy atom. The van der Waals surface area contributed by atoms with Gasteiger partial charge < -0.3 is 15.8 Å². The third kappa shape index (κ3) is 6.31. The van der Waals surface area contributed by atoms with Gasteiger partial charge in [0.15, 0.2) is 5.96 Å². The molecule has 0 radical (unpaired) electrons. The molecule has 0 saturated carbocycles. The SMILES string of the molecule is CC(C)(C)c1ccc(CN=C(N)Nc2ccc(OC(F)(F)F)cc2)cc1. The van der Waals surface area contributed by atoms with Crippen molar-refractivity contribution in [2.75, 3.05) is 5.32 Å². The van der Waals surface area contributed by atoms with E-state index < -0.39 is 6.36 Å². The van der Waals surface area contributed by atoms with Crippen LogP contribution in [0.15, 0.2) is 53.5 Å². The van der Waals surface area contributed by atoms with E-state index in [1.165, 1.54) is 29.8 Å². The smallest absolute Gasteiger partial charge is 0.406 e. The van der Waals surface area contributed by atoms with Crippen molar-refractivity contribution < 1.29 is 17.9 Å². The van der Waals surface area contributed by atoms with Crippen LogP contribution in [-0.2, 0) is 12.0 Å². The summed E-state index contributed by atoms with van der Waals surface area (Å²) in [5.74, 6) is -0.119. The molecule has 0 aliphatic heterocycles. The lowest BCUT2D eigenvalue weighted by molar-refractivity contribution is -0.274. The number of aliphatic imine (C=N–C) groups is 1. The Kier molecular flexibility index (Phi) is 5.79. The monoisotopic (exact) mass is 365 g/mol. The summed E-state index contributed by atoms with van der Waals surface area (Å²) in [6.45, 7) is 6.84. The van der Waals surface area contributed by atoms with E-state index in [-0.39, 0.29) is 17.1 Å². The highest BCUT2D eigenvalue weighted by Crippen LogP contribution is 2.24. The maximum Gasteiger partial charge on any atom is 0.573 e. The van der Waals surface area contributed by atoms with Crippen LogP contribution in [0.2, 0.25) is 0 Å². The average molecular weight is 365 g/mol. The number of nitrogens with zero attached hydrogens (tertiary/aromatic N) is 1. The van der Waals surface area contributed by atoms with Crippen molar-refractivity contribution in [1.82, 2.24) is 0 Å². The summed E-state index contributed by atoms with van der Waals surface area (Å²) < 4.78 is 40.2. The summed E-state index contributed by atoms with van der Waals surface area (Å²) in [7, 11) is 0. The zero-order valence-corrected chi connectivity index (χ0v) is 14.9. The molecule has 0 unspecified atom stereocenters. The van der Waals surface area contributed by atoms with Crippen LogP contribution in [0.4, 0.5) is 18.9 Å². The lowest BCUT2D eigenvalue weighted by Crippen LogP contribution is -2.22. The molecule has 2 aromatic carbocycles. The minimum absolute atomic E-state index is 0.0877. The number of nitrogens with one attached hydrogen (secondary N) is 1. The molecule has 0 spiro atoms. The summed E-state index contributed by atoms with van der Waals surface area (Å²) in [5.41, 5.74) is 8.67. The summed E-state index contributed by atoms with van der Waals surface area (Å²) in [6.07, 6.45) is -4.71. The van der Waals surface area contributed by atoms with Gasteiger partial charge in [-0.15, -0.1) is 13.2 Å². The fraction of sp³-hybridized carbons (Fsp3) is 0.316. The number of hydrogen-bond acceptors (Lipinski definition) is 2. The molecule has 4 nitrogen and oxygen atoms in total. The van der Waals surface area contributed by atoms with Gasteiger partial charge in [-0.2, -0.15) is 0 Å². The van der Waals surface area contributed by atoms with Gasteiger partial charge in [-0.05, 0) is 40.8 Å². The highest BCUT2D eigenvalue weighted by molar-refractivity contribution is 5.92. The zero-order valence-electron chi connectivity index (χ0n) is 14.9. The van der Waals surface area contributed by atoms with E-state index >= 15 is 0 Å². The molecule has 0 aliphatic carbocycles. The van der Waals surface area contributed by atoms with Crippen LogP contribution < -0.4 is 15.8 Å². The Morgan fingerprint density at radius 1 is 1.00 bits per heavy atom. The number of hydrogen-bond donors (Lipinski definition) is 2. The molecule has 7 heteroatoms. The van der Waals surface area contributed by atoms with E-state index in [1.54, 1.807) is 0 Å². The van der Waals surface area contributed by atoms with E-state index in [4.69, 9.17) is 5.73 Å². The first-order chi connectivity index (χ1) is 12.0. The second kappa shape index (κ2) is 7.68. The molecule has 2 aromatic rings. The van der Waals surface area contributed by atoms with Gasteiger partial charge in [0, 0.05) is 5.69 Å². The highest BCUT2D eigenvalue weighted by Gasteiger charge is 2.30. The first-order valence-corrected chi connectivity index (χ1v) is 8.05. The molecule has 2 rings (SSSR count). The van der Waals surface area contributed by atoms with Crippen molar-refractivity contribution in [2.24, 2.45) is 10.7 Å². The predicted molar refractivity (Wildman–Crippen MR) is 97.2 cm³/mol. The topological polar surface area (TPSA) is 59.6 Å². The lowest BCUT2D eigenvalue weighted by Gasteiger charge is -2.18. The standard InChI is InChI=1S/C19H22F3N3O/c1-18(2,3)14-6-4-13(5-7-14)12-24-17(23)25-15-8-10-16(11-9-15)26-19(20,21)22/h4-11H,12H2,1-3H3,(H3,23,24,25). The number of nitrogens with two attached hydrogens (primary N) is 1. The molecule has 3 N–H and O–H groups in total. The number of rotatable bonds is 4. The first-order valence-electron chi connectivity index (χ1n) is 8.05. The van der Waals surface area contributed by atoms with Crippen molar-refractivity contribution >= 4 is 11.6 Å². The zero-order chi connectivity index (χ0) is 19.4. The quantitative estimate of drug-likeness (QED) is 0.604. The van der Waals surface area contributed by atoms with Crippen LogP contribution in [0.5, 0.6) is 5.75 Å². The fourth-order valence-corrected chi connectivity index (χ4v) is 2.21. The molecule has 140 valence electrons. The highest BCUT2D eigenvalue weighted by atomic mass is 19.4. The van der Waals surface area contributed by atoms with Crippen LogP contribution in [0.1, 0.15) is 31.9 Å². The van der Waals surface area contributed by atoms with Gasteiger partial charge in [-0.25, -0.2) is 4.99 Å². The van der Waals surface area contributed by atoms with E-state index in [0.29, 0.717) is 12.2 Å². The average Bonchev–Trinajstić information content (AvgIpc) is 2.53. The molecule has 0 atom stereocenters. The maximum atomic E-state index is 12.1. The molecule has 0 heterocycles. The Bertz CT molecular complexity index is 746.